The van der Waals surface area contributed by atoms with Crippen LogP contribution in [0.4, 0.5) is 0 Å². The summed E-state index contributed by atoms with van der Waals surface area (Å²) < 4.78 is 6.88. The molecule has 0 aliphatic rings. The number of aromatic nitrogens is 6. The number of para-hydroxylation sites is 2. The smallest absolute Gasteiger partial charge is 0.164 e. The minimum absolute atomic E-state index is 0.618. The van der Waals surface area contributed by atoms with Crippen molar-refractivity contribution >= 4 is 85.0 Å². The summed E-state index contributed by atoms with van der Waals surface area (Å²) in [6.07, 6.45) is 0. The van der Waals surface area contributed by atoms with Crippen molar-refractivity contribution in [2.75, 3.05) is 0 Å². The van der Waals surface area contributed by atoms with E-state index in [-0.39, 0.29) is 0 Å². The third kappa shape index (κ3) is 5.80. The van der Waals surface area contributed by atoms with Crippen molar-refractivity contribution in [1.29, 1.82) is 0 Å². The number of fused-ring (bicyclic) bond motifs is 9. The summed E-state index contributed by atoms with van der Waals surface area (Å²) in [4.78, 5) is 26.4. The zero-order valence-electron chi connectivity index (χ0n) is 33.5. The Morgan fingerprint density at radius 1 is 0.349 bits per heavy atom. The van der Waals surface area contributed by atoms with E-state index in [1.165, 1.54) is 10.1 Å². The van der Waals surface area contributed by atoms with Crippen LogP contribution in [0.15, 0.2) is 194 Å². The average molecular weight is 841 g/mol. The van der Waals surface area contributed by atoms with Gasteiger partial charge in [-0.25, -0.2) is 24.9 Å². The van der Waals surface area contributed by atoms with Crippen LogP contribution >= 0.6 is 22.7 Å². The van der Waals surface area contributed by atoms with Gasteiger partial charge in [0.15, 0.2) is 23.3 Å². The molecule has 294 valence electrons. The van der Waals surface area contributed by atoms with E-state index in [2.05, 4.69) is 174 Å². The van der Waals surface area contributed by atoms with E-state index in [4.69, 9.17) is 24.9 Å². The first kappa shape index (κ1) is 35.8. The van der Waals surface area contributed by atoms with Crippen LogP contribution in [0, 0.1) is 0 Å². The van der Waals surface area contributed by atoms with E-state index in [0.717, 1.165) is 91.4 Å². The highest BCUT2D eigenvalue weighted by atomic mass is 32.1. The zero-order valence-corrected chi connectivity index (χ0v) is 35.1. The lowest BCUT2D eigenvalue weighted by Gasteiger charge is -2.10. The van der Waals surface area contributed by atoms with Crippen molar-refractivity contribution in [1.82, 2.24) is 29.5 Å². The van der Waals surface area contributed by atoms with Crippen molar-refractivity contribution < 1.29 is 0 Å². The Bertz CT molecular complexity index is 3910. The molecular weight excluding hydrogens is 809 g/mol. The Morgan fingerprint density at radius 2 is 0.937 bits per heavy atom. The van der Waals surface area contributed by atoms with E-state index in [1.807, 2.05) is 24.3 Å². The largest absolute Gasteiger partial charge is 0.309 e. The SMILES string of the molecule is c1ccc(-c2nc(-c3ccc4c(c3)c3ccccc3n4-c3ccccc3)nc(-c3cccc4sc5c(-c6nc(-c7ccccc7)c7sc8ccccc8c7n6)cccc5c34)n2)cc1. The summed E-state index contributed by atoms with van der Waals surface area (Å²) >= 11 is 3.51. The fourth-order valence-electron chi connectivity index (χ4n) is 9.02. The molecule has 0 bridgehead atoms. The van der Waals surface area contributed by atoms with Crippen molar-refractivity contribution in [3.05, 3.63) is 194 Å². The molecule has 0 saturated carbocycles. The molecule has 5 aromatic heterocycles. The summed E-state index contributed by atoms with van der Waals surface area (Å²) in [5.41, 5.74) is 10.2. The van der Waals surface area contributed by atoms with Gasteiger partial charge in [0.2, 0.25) is 0 Å². The van der Waals surface area contributed by atoms with Crippen LogP contribution in [0.2, 0.25) is 0 Å². The predicted molar refractivity (Wildman–Crippen MR) is 263 cm³/mol. The second-order valence-corrected chi connectivity index (χ2v) is 17.7. The molecule has 63 heavy (non-hydrogen) atoms. The van der Waals surface area contributed by atoms with Crippen molar-refractivity contribution in [3.63, 3.8) is 0 Å². The maximum atomic E-state index is 5.36. The van der Waals surface area contributed by atoms with Gasteiger partial charge in [0.1, 0.15) is 0 Å². The highest BCUT2D eigenvalue weighted by Crippen LogP contribution is 2.45. The van der Waals surface area contributed by atoms with E-state index in [0.29, 0.717) is 23.3 Å². The lowest BCUT2D eigenvalue weighted by atomic mass is 10.0. The second-order valence-electron chi connectivity index (χ2n) is 15.6. The Balaban J connectivity index is 1.01. The number of hydrogen-bond donors (Lipinski definition) is 0. The minimum atomic E-state index is 0.618. The Kier molecular flexibility index (Phi) is 8.15. The highest BCUT2D eigenvalue weighted by Gasteiger charge is 2.22. The minimum Gasteiger partial charge on any atom is -0.309 e. The van der Waals surface area contributed by atoms with E-state index in [9.17, 15) is 0 Å². The number of hydrogen-bond acceptors (Lipinski definition) is 7. The van der Waals surface area contributed by atoms with Gasteiger partial charge >= 0.3 is 0 Å². The summed E-state index contributed by atoms with van der Waals surface area (Å²) in [6.45, 7) is 0. The maximum absolute atomic E-state index is 5.36. The first-order valence-corrected chi connectivity index (χ1v) is 22.5. The molecule has 8 heteroatoms. The lowest BCUT2D eigenvalue weighted by Crippen LogP contribution is -2.00. The zero-order chi connectivity index (χ0) is 41.4. The van der Waals surface area contributed by atoms with Crippen molar-refractivity contribution in [2.45, 2.75) is 0 Å². The second kappa shape index (κ2) is 14.3. The van der Waals surface area contributed by atoms with Crippen LogP contribution in [0.1, 0.15) is 0 Å². The van der Waals surface area contributed by atoms with Crippen molar-refractivity contribution in [3.8, 4) is 62.5 Å². The molecular formula is C55H32N6S2. The third-order valence-electron chi connectivity index (χ3n) is 11.9. The molecule has 0 aliphatic carbocycles. The quantitative estimate of drug-likeness (QED) is 0.167. The fourth-order valence-corrected chi connectivity index (χ4v) is 11.4. The van der Waals surface area contributed by atoms with Gasteiger partial charge < -0.3 is 4.57 Å². The molecule has 0 amide bonds. The van der Waals surface area contributed by atoms with Gasteiger partial charge in [-0.2, -0.15) is 0 Å². The summed E-state index contributed by atoms with van der Waals surface area (Å²) in [5.74, 6) is 2.57. The summed E-state index contributed by atoms with van der Waals surface area (Å²) in [6, 6.07) is 67.8. The van der Waals surface area contributed by atoms with Gasteiger partial charge in [0.25, 0.3) is 0 Å². The first-order chi connectivity index (χ1) is 31.2. The first-order valence-electron chi connectivity index (χ1n) is 20.8. The molecule has 8 aromatic carbocycles. The number of nitrogens with zero attached hydrogens (tertiary/aromatic N) is 6. The fraction of sp³-hybridized carbons (Fsp3) is 0. The molecule has 0 fully saturated rings. The van der Waals surface area contributed by atoms with Crippen LogP contribution < -0.4 is 0 Å². The topological polar surface area (TPSA) is 69.4 Å². The molecule has 0 atom stereocenters. The third-order valence-corrected chi connectivity index (χ3v) is 14.3. The highest BCUT2D eigenvalue weighted by molar-refractivity contribution is 7.26. The standard InChI is InChI=1S/C55H32N6S2/c1-4-16-33(17-5-1)48-51-49(38-23-11-13-28-45(38)62-51)57-55(56-48)41-26-14-24-39-47-40(25-15-29-46(47)63-50(39)41)54-59-52(34-18-6-2-7-19-34)58-53(60-54)35-30-31-44-42(32-35)37-22-10-12-27-43(37)61(44)36-20-8-3-9-21-36/h1-32H. The molecule has 0 aliphatic heterocycles. The van der Waals surface area contributed by atoms with Crippen LogP contribution in [0.3, 0.4) is 0 Å². The normalized spacial score (nSPS) is 11.8. The molecule has 0 spiro atoms. The number of rotatable bonds is 6. The van der Waals surface area contributed by atoms with E-state index >= 15 is 0 Å². The molecule has 13 rings (SSSR count). The molecule has 0 N–H and O–H groups in total. The molecule has 6 nitrogen and oxygen atoms in total. The predicted octanol–water partition coefficient (Wildman–Crippen LogP) is 14.8. The van der Waals surface area contributed by atoms with Crippen molar-refractivity contribution in [2.24, 2.45) is 0 Å². The van der Waals surface area contributed by atoms with Crippen LogP contribution in [0.5, 0.6) is 0 Å². The molecule has 5 heterocycles. The van der Waals surface area contributed by atoms with Gasteiger partial charge in [-0.3, -0.25) is 0 Å². The number of benzene rings is 8. The average Bonchev–Trinajstić information content (AvgIpc) is 4.04. The molecule has 13 aromatic rings. The maximum Gasteiger partial charge on any atom is 0.164 e. The van der Waals surface area contributed by atoms with E-state index < -0.39 is 0 Å². The monoisotopic (exact) mass is 840 g/mol. The van der Waals surface area contributed by atoms with Gasteiger partial charge in [0, 0.05) is 74.5 Å². The summed E-state index contributed by atoms with van der Waals surface area (Å²) in [7, 11) is 0. The summed E-state index contributed by atoms with van der Waals surface area (Å²) in [5, 5.41) is 5.67. The van der Waals surface area contributed by atoms with Gasteiger partial charge in [0.05, 0.1) is 26.9 Å². The van der Waals surface area contributed by atoms with Gasteiger partial charge in [-0.15, -0.1) is 22.7 Å². The van der Waals surface area contributed by atoms with Gasteiger partial charge in [-0.1, -0.05) is 140 Å². The van der Waals surface area contributed by atoms with Crippen LogP contribution in [0.25, 0.3) is 125 Å². The van der Waals surface area contributed by atoms with Crippen LogP contribution in [-0.4, -0.2) is 29.5 Å². The number of thiophene rings is 2. The molecule has 0 radical (unpaired) electrons. The molecule has 0 unspecified atom stereocenters. The molecule has 0 saturated heterocycles. The van der Waals surface area contributed by atoms with Crippen LogP contribution in [-0.2, 0) is 0 Å². The van der Waals surface area contributed by atoms with Gasteiger partial charge in [-0.05, 0) is 54.6 Å². The van der Waals surface area contributed by atoms with E-state index in [1.54, 1.807) is 22.7 Å². The Labute approximate surface area is 369 Å². The Morgan fingerprint density at radius 3 is 1.76 bits per heavy atom. The lowest BCUT2D eigenvalue weighted by molar-refractivity contribution is 1.08. The Hall–Kier alpha value is -7.91.